The van der Waals surface area contributed by atoms with E-state index in [0.717, 1.165) is 25.3 Å². The van der Waals surface area contributed by atoms with Gasteiger partial charge >= 0.3 is 0 Å². The van der Waals surface area contributed by atoms with Crippen molar-refractivity contribution >= 4 is 11.3 Å². The molecule has 3 nitrogen and oxygen atoms in total. The smallest absolute Gasteiger partial charge is 0.125 e. The van der Waals surface area contributed by atoms with E-state index in [4.69, 9.17) is 9.72 Å². The Balaban J connectivity index is 1.92. The van der Waals surface area contributed by atoms with Crippen LogP contribution in [0, 0.1) is 5.92 Å². The molecule has 0 aromatic carbocycles. The first-order valence-electron chi connectivity index (χ1n) is 8.38. The van der Waals surface area contributed by atoms with Crippen LogP contribution >= 0.6 is 11.3 Å². The van der Waals surface area contributed by atoms with E-state index >= 15 is 0 Å². The van der Waals surface area contributed by atoms with Crippen molar-refractivity contribution in [3.05, 3.63) is 15.6 Å². The Kier molecular flexibility index (Phi) is 4.67. The van der Waals surface area contributed by atoms with E-state index in [2.05, 4.69) is 12.2 Å². The Hall–Kier alpha value is -0.450. The van der Waals surface area contributed by atoms with Gasteiger partial charge in [-0.25, -0.2) is 4.98 Å². The van der Waals surface area contributed by atoms with Crippen molar-refractivity contribution in [2.75, 3.05) is 20.7 Å². The maximum Gasteiger partial charge on any atom is 0.125 e. The number of thiazole rings is 1. The largest absolute Gasteiger partial charge is 0.371 e. The Bertz CT molecular complexity index is 487. The Morgan fingerprint density at radius 1 is 1.38 bits per heavy atom. The van der Waals surface area contributed by atoms with Crippen LogP contribution in [0.5, 0.6) is 0 Å². The zero-order valence-electron chi connectivity index (χ0n) is 13.6. The van der Waals surface area contributed by atoms with E-state index in [9.17, 15) is 0 Å². The molecule has 1 aromatic rings. The Morgan fingerprint density at radius 3 is 2.95 bits per heavy atom. The van der Waals surface area contributed by atoms with Crippen molar-refractivity contribution in [1.29, 1.82) is 0 Å². The molecule has 0 spiro atoms. The molecule has 0 saturated heterocycles. The van der Waals surface area contributed by atoms with E-state index in [1.54, 1.807) is 0 Å². The molecular weight excluding hydrogens is 280 g/mol. The minimum absolute atomic E-state index is 0.107. The number of likely N-dealkylation sites (N-methyl/N-ethyl adjacent to an activating group) is 1. The van der Waals surface area contributed by atoms with Crippen molar-refractivity contribution in [3.8, 4) is 0 Å². The van der Waals surface area contributed by atoms with Gasteiger partial charge in [-0.3, -0.25) is 0 Å². The quantitative estimate of drug-likeness (QED) is 0.918. The second-order valence-electron chi connectivity index (χ2n) is 6.87. The van der Waals surface area contributed by atoms with E-state index in [0.29, 0.717) is 5.92 Å². The second kappa shape index (κ2) is 6.35. The molecule has 1 N–H and O–H groups in total. The number of ether oxygens (including phenoxy) is 1. The third-order valence-electron chi connectivity index (χ3n) is 5.26. The lowest BCUT2D eigenvalue weighted by atomic mass is 9.79. The molecule has 3 rings (SSSR count). The molecule has 118 valence electrons. The van der Waals surface area contributed by atoms with Gasteiger partial charge in [0.2, 0.25) is 0 Å². The van der Waals surface area contributed by atoms with Gasteiger partial charge in [-0.2, -0.15) is 0 Å². The molecule has 0 amide bonds. The summed E-state index contributed by atoms with van der Waals surface area (Å²) >= 11 is 1.93. The van der Waals surface area contributed by atoms with Crippen LogP contribution in [0.25, 0.3) is 0 Å². The zero-order chi connectivity index (χ0) is 14.9. The first-order chi connectivity index (χ1) is 10.2. The zero-order valence-corrected chi connectivity index (χ0v) is 14.4. The average molecular weight is 308 g/mol. The van der Waals surface area contributed by atoms with Gasteiger partial charge in [0.05, 0.1) is 5.69 Å². The van der Waals surface area contributed by atoms with Gasteiger partial charge in [-0.1, -0.05) is 13.3 Å². The number of nitrogens with one attached hydrogen (secondary N) is 1. The van der Waals surface area contributed by atoms with Gasteiger partial charge in [0.1, 0.15) is 10.6 Å². The highest BCUT2D eigenvalue weighted by atomic mass is 32.1. The molecule has 3 atom stereocenters. The molecule has 2 aliphatic rings. The van der Waals surface area contributed by atoms with Crippen LogP contribution in [0.3, 0.4) is 0 Å². The van der Waals surface area contributed by atoms with Crippen molar-refractivity contribution in [1.82, 2.24) is 10.3 Å². The summed E-state index contributed by atoms with van der Waals surface area (Å²) in [6, 6.07) is 0. The summed E-state index contributed by atoms with van der Waals surface area (Å²) in [6.07, 6.45) is 8.65. The minimum atomic E-state index is -0.107. The van der Waals surface area contributed by atoms with Crippen molar-refractivity contribution < 1.29 is 4.74 Å². The highest BCUT2D eigenvalue weighted by Gasteiger charge is 2.40. The first kappa shape index (κ1) is 15.4. The highest BCUT2D eigenvalue weighted by Crippen LogP contribution is 2.46. The van der Waals surface area contributed by atoms with Crippen LogP contribution < -0.4 is 5.32 Å². The summed E-state index contributed by atoms with van der Waals surface area (Å²) in [7, 11) is 3.92. The summed E-state index contributed by atoms with van der Waals surface area (Å²) in [5.74, 6) is 1.34. The molecule has 1 heterocycles. The third kappa shape index (κ3) is 2.90. The monoisotopic (exact) mass is 308 g/mol. The fourth-order valence-corrected chi connectivity index (χ4v) is 5.51. The molecular formula is C17H28N2OS. The molecule has 0 radical (unpaired) electrons. The molecule has 2 aliphatic carbocycles. The number of rotatable bonds is 4. The number of hydrogen-bond acceptors (Lipinski definition) is 4. The lowest BCUT2D eigenvalue weighted by molar-refractivity contribution is -0.0581. The number of fused-ring (bicyclic) bond motifs is 1. The molecule has 1 saturated carbocycles. The summed E-state index contributed by atoms with van der Waals surface area (Å²) in [4.78, 5) is 6.63. The summed E-state index contributed by atoms with van der Waals surface area (Å²) < 4.78 is 6.04. The topological polar surface area (TPSA) is 34.1 Å². The van der Waals surface area contributed by atoms with E-state index in [-0.39, 0.29) is 5.60 Å². The fourth-order valence-electron chi connectivity index (χ4n) is 4.12. The lowest BCUT2D eigenvalue weighted by Gasteiger charge is -2.37. The number of nitrogens with zero attached hydrogens (tertiary/aromatic N) is 1. The van der Waals surface area contributed by atoms with E-state index < -0.39 is 0 Å². The molecule has 0 bridgehead atoms. The summed E-state index contributed by atoms with van der Waals surface area (Å²) in [5.41, 5.74) is 1.26. The van der Waals surface area contributed by atoms with Gasteiger partial charge in [0, 0.05) is 24.4 Å². The van der Waals surface area contributed by atoms with Crippen molar-refractivity contribution in [3.63, 3.8) is 0 Å². The summed E-state index contributed by atoms with van der Waals surface area (Å²) in [6.45, 7) is 3.40. The van der Waals surface area contributed by atoms with Crippen molar-refractivity contribution in [2.45, 2.75) is 63.4 Å². The normalized spacial score (nSPS) is 32.9. The molecule has 3 unspecified atom stereocenters. The standard InChI is InChI=1S/C17H28N2OS/c1-12-6-5-9-17(10-12,20-3)16-19-15-13(11-18-2)7-4-8-14(15)21-16/h12-13,18H,4-11H2,1-3H3. The summed E-state index contributed by atoms with van der Waals surface area (Å²) in [5, 5.41) is 4.59. The van der Waals surface area contributed by atoms with Crippen LogP contribution in [-0.2, 0) is 16.8 Å². The van der Waals surface area contributed by atoms with Crippen LogP contribution in [0.4, 0.5) is 0 Å². The number of hydrogen-bond donors (Lipinski definition) is 1. The maximum atomic E-state index is 6.04. The van der Waals surface area contributed by atoms with Gasteiger partial charge in [-0.15, -0.1) is 11.3 Å². The van der Waals surface area contributed by atoms with E-state index in [1.165, 1.54) is 47.7 Å². The highest BCUT2D eigenvalue weighted by molar-refractivity contribution is 7.11. The van der Waals surface area contributed by atoms with Crippen LogP contribution in [0.2, 0.25) is 0 Å². The average Bonchev–Trinajstić information content (AvgIpc) is 2.93. The Labute approximate surface area is 132 Å². The van der Waals surface area contributed by atoms with Gasteiger partial charge in [0.25, 0.3) is 0 Å². The van der Waals surface area contributed by atoms with Gasteiger partial charge in [0.15, 0.2) is 0 Å². The first-order valence-corrected chi connectivity index (χ1v) is 9.20. The maximum absolute atomic E-state index is 6.04. The molecule has 0 aliphatic heterocycles. The van der Waals surface area contributed by atoms with Crippen molar-refractivity contribution in [2.24, 2.45) is 5.92 Å². The lowest BCUT2D eigenvalue weighted by Crippen LogP contribution is -2.34. The molecule has 21 heavy (non-hydrogen) atoms. The number of aryl methyl sites for hydroxylation is 1. The predicted octanol–water partition coefficient (Wildman–Crippen LogP) is 3.83. The number of methoxy groups -OCH3 is 1. The van der Waals surface area contributed by atoms with Gasteiger partial charge < -0.3 is 10.1 Å². The predicted molar refractivity (Wildman–Crippen MR) is 88.0 cm³/mol. The van der Waals surface area contributed by atoms with E-state index in [1.807, 2.05) is 25.5 Å². The second-order valence-corrected chi connectivity index (χ2v) is 7.96. The third-order valence-corrected chi connectivity index (χ3v) is 6.57. The Morgan fingerprint density at radius 2 is 2.24 bits per heavy atom. The van der Waals surface area contributed by atoms with Gasteiger partial charge in [-0.05, 0) is 51.5 Å². The molecule has 1 aromatic heterocycles. The van der Waals surface area contributed by atoms with Crippen LogP contribution in [0.15, 0.2) is 0 Å². The van der Waals surface area contributed by atoms with Crippen LogP contribution in [-0.4, -0.2) is 25.7 Å². The van der Waals surface area contributed by atoms with Crippen LogP contribution in [0.1, 0.15) is 66.9 Å². The molecule has 1 fully saturated rings. The SMILES string of the molecule is CNCC1CCCc2sc(C3(OC)CCCC(C)C3)nc21. The minimum Gasteiger partial charge on any atom is -0.371 e. The number of aromatic nitrogens is 1. The fraction of sp³-hybridized carbons (Fsp3) is 0.824. The molecule has 4 heteroatoms.